The monoisotopic (exact) mass is 415 g/mol. The fourth-order valence-corrected chi connectivity index (χ4v) is 5.67. The first-order valence-corrected chi connectivity index (χ1v) is 11.2. The van der Waals surface area contributed by atoms with Crippen LogP contribution in [0.15, 0.2) is 54.6 Å². The fraction of sp³-hybridized carbons (Fsp3) is 0.381. The molecular formula is C21H25N3O4S. The summed E-state index contributed by atoms with van der Waals surface area (Å²) >= 11 is 0. The molecular weight excluding hydrogens is 390 g/mol. The normalized spacial score (nSPS) is 19.7. The molecule has 1 saturated heterocycles. The number of likely N-dealkylation sites (tertiary alicyclic amines) is 1. The quantitative estimate of drug-likeness (QED) is 0.770. The minimum absolute atomic E-state index is 0.0749. The van der Waals surface area contributed by atoms with Crippen LogP contribution in [0, 0.1) is 0 Å². The van der Waals surface area contributed by atoms with Crippen LogP contribution in [0.5, 0.6) is 5.75 Å². The zero-order valence-corrected chi connectivity index (χ0v) is 17.4. The molecule has 0 spiro atoms. The maximum absolute atomic E-state index is 12.9. The molecule has 2 aliphatic rings. The van der Waals surface area contributed by atoms with Crippen molar-refractivity contribution in [2.45, 2.75) is 31.9 Å². The number of para-hydroxylation sites is 3. The molecule has 29 heavy (non-hydrogen) atoms. The van der Waals surface area contributed by atoms with Gasteiger partial charge in [0.1, 0.15) is 5.75 Å². The van der Waals surface area contributed by atoms with Crippen molar-refractivity contribution in [2.24, 2.45) is 0 Å². The molecule has 2 aromatic carbocycles. The van der Waals surface area contributed by atoms with Crippen molar-refractivity contribution in [2.75, 3.05) is 28.7 Å². The first-order chi connectivity index (χ1) is 13.9. The van der Waals surface area contributed by atoms with Gasteiger partial charge in [-0.05, 0) is 44.0 Å². The average Bonchev–Trinajstić information content (AvgIpc) is 2.94. The SMILES string of the molecule is CC(Oc1ccccc1)C(=O)N1CCC(N2c3ccccc3N(C)S2(=O)=O)CC1. The van der Waals surface area contributed by atoms with Crippen molar-refractivity contribution in [1.29, 1.82) is 0 Å². The molecule has 0 saturated carbocycles. The highest BCUT2D eigenvalue weighted by Crippen LogP contribution is 2.42. The summed E-state index contributed by atoms with van der Waals surface area (Å²) in [7, 11) is -2.00. The second kappa shape index (κ2) is 7.59. The second-order valence-electron chi connectivity index (χ2n) is 7.39. The van der Waals surface area contributed by atoms with Gasteiger partial charge in [-0.1, -0.05) is 30.3 Å². The summed E-state index contributed by atoms with van der Waals surface area (Å²) in [5.74, 6) is 0.583. The lowest BCUT2D eigenvalue weighted by molar-refractivity contribution is -0.138. The van der Waals surface area contributed by atoms with E-state index in [9.17, 15) is 13.2 Å². The van der Waals surface area contributed by atoms with Gasteiger partial charge in [0, 0.05) is 20.1 Å². The van der Waals surface area contributed by atoms with Gasteiger partial charge in [-0.2, -0.15) is 8.42 Å². The number of nitrogens with zero attached hydrogens (tertiary/aromatic N) is 3. The molecule has 0 aliphatic carbocycles. The molecule has 0 radical (unpaired) electrons. The van der Waals surface area contributed by atoms with Gasteiger partial charge in [-0.15, -0.1) is 0 Å². The smallest absolute Gasteiger partial charge is 0.326 e. The van der Waals surface area contributed by atoms with Gasteiger partial charge in [0.2, 0.25) is 0 Å². The first-order valence-electron chi connectivity index (χ1n) is 9.77. The van der Waals surface area contributed by atoms with Gasteiger partial charge in [0.25, 0.3) is 5.91 Å². The van der Waals surface area contributed by atoms with Crippen LogP contribution in [-0.4, -0.2) is 51.5 Å². The van der Waals surface area contributed by atoms with Crippen molar-refractivity contribution in [3.8, 4) is 5.75 Å². The average molecular weight is 416 g/mol. The maximum atomic E-state index is 12.9. The van der Waals surface area contributed by atoms with Crippen molar-refractivity contribution in [1.82, 2.24) is 4.90 Å². The maximum Gasteiger partial charge on any atom is 0.326 e. The van der Waals surface area contributed by atoms with Crippen LogP contribution in [0.2, 0.25) is 0 Å². The zero-order chi connectivity index (χ0) is 20.6. The molecule has 1 amide bonds. The Morgan fingerprint density at radius 3 is 2.24 bits per heavy atom. The molecule has 8 heteroatoms. The van der Waals surface area contributed by atoms with E-state index >= 15 is 0 Å². The molecule has 0 N–H and O–H groups in total. The Kier molecular flexibility index (Phi) is 5.12. The summed E-state index contributed by atoms with van der Waals surface area (Å²) in [4.78, 5) is 14.5. The lowest BCUT2D eigenvalue weighted by Gasteiger charge is -2.37. The number of piperidine rings is 1. The van der Waals surface area contributed by atoms with E-state index in [1.807, 2.05) is 54.6 Å². The number of fused-ring (bicyclic) bond motifs is 1. The Morgan fingerprint density at radius 1 is 1.00 bits per heavy atom. The summed E-state index contributed by atoms with van der Waals surface area (Å²) in [5, 5.41) is 0. The molecule has 0 aromatic heterocycles. The first kappa shape index (κ1) is 19.6. The van der Waals surface area contributed by atoms with Crippen LogP contribution in [0.25, 0.3) is 0 Å². The van der Waals surface area contributed by atoms with Crippen LogP contribution in [0.1, 0.15) is 19.8 Å². The van der Waals surface area contributed by atoms with Crippen molar-refractivity contribution < 1.29 is 17.9 Å². The van der Waals surface area contributed by atoms with Gasteiger partial charge < -0.3 is 9.64 Å². The van der Waals surface area contributed by atoms with Crippen LogP contribution < -0.4 is 13.3 Å². The predicted molar refractivity (Wildman–Crippen MR) is 112 cm³/mol. The molecule has 4 rings (SSSR count). The largest absolute Gasteiger partial charge is 0.481 e. The van der Waals surface area contributed by atoms with E-state index in [4.69, 9.17) is 4.74 Å². The van der Waals surface area contributed by atoms with E-state index in [-0.39, 0.29) is 11.9 Å². The third kappa shape index (κ3) is 3.53. The van der Waals surface area contributed by atoms with Gasteiger partial charge in [0.15, 0.2) is 6.10 Å². The Morgan fingerprint density at radius 2 is 1.59 bits per heavy atom. The zero-order valence-electron chi connectivity index (χ0n) is 16.6. The number of ether oxygens (including phenoxy) is 1. The molecule has 2 aliphatic heterocycles. The number of carbonyl (C=O) groups excluding carboxylic acids is 1. The molecule has 0 bridgehead atoms. The lowest BCUT2D eigenvalue weighted by atomic mass is 10.0. The fourth-order valence-electron chi connectivity index (χ4n) is 4.01. The number of hydrogen-bond acceptors (Lipinski definition) is 4. The number of hydrogen-bond donors (Lipinski definition) is 0. The minimum atomic E-state index is -3.58. The number of amides is 1. The molecule has 154 valence electrons. The Labute approximate surface area is 171 Å². The molecule has 2 heterocycles. The molecule has 1 fully saturated rings. The Balaban J connectivity index is 1.42. The summed E-state index contributed by atoms with van der Waals surface area (Å²) in [6.45, 7) is 2.76. The standard InChI is InChI=1S/C21H25N3O4S/c1-16(28-18-8-4-3-5-9-18)21(25)23-14-12-17(13-15-23)24-20-11-7-6-10-19(20)22(2)29(24,26)27/h3-11,16-17H,12-15H2,1-2H3. The van der Waals surface area contributed by atoms with Crippen molar-refractivity contribution in [3.05, 3.63) is 54.6 Å². The number of carbonyl (C=O) groups is 1. The highest BCUT2D eigenvalue weighted by molar-refractivity contribution is 7.94. The van der Waals surface area contributed by atoms with E-state index in [2.05, 4.69) is 0 Å². The number of rotatable bonds is 4. The van der Waals surface area contributed by atoms with Crippen LogP contribution in [-0.2, 0) is 15.0 Å². The predicted octanol–water partition coefficient (Wildman–Crippen LogP) is 2.65. The number of benzene rings is 2. The Bertz CT molecular complexity index is 988. The molecule has 1 unspecified atom stereocenters. The third-order valence-corrected chi connectivity index (χ3v) is 7.45. The van der Waals surface area contributed by atoms with Gasteiger partial charge in [0.05, 0.1) is 17.4 Å². The highest BCUT2D eigenvalue weighted by Gasteiger charge is 2.43. The highest BCUT2D eigenvalue weighted by atomic mass is 32.2. The van der Waals surface area contributed by atoms with E-state index in [0.717, 1.165) is 0 Å². The summed E-state index contributed by atoms with van der Waals surface area (Å²) in [5.41, 5.74) is 1.40. The van der Waals surface area contributed by atoms with Crippen molar-refractivity contribution in [3.63, 3.8) is 0 Å². The second-order valence-corrected chi connectivity index (χ2v) is 9.23. The third-order valence-electron chi connectivity index (χ3n) is 5.56. The topological polar surface area (TPSA) is 70.2 Å². The summed E-state index contributed by atoms with van der Waals surface area (Å²) in [6, 6.07) is 16.4. The van der Waals surface area contributed by atoms with Crippen molar-refractivity contribution >= 4 is 27.5 Å². The van der Waals surface area contributed by atoms with Crippen LogP contribution in [0.3, 0.4) is 0 Å². The van der Waals surface area contributed by atoms with E-state index in [1.54, 1.807) is 18.9 Å². The molecule has 1 atom stereocenters. The van der Waals surface area contributed by atoms with E-state index in [1.165, 1.54) is 8.61 Å². The van der Waals surface area contributed by atoms with Gasteiger partial charge in [-0.3, -0.25) is 9.10 Å². The van der Waals surface area contributed by atoms with E-state index < -0.39 is 16.3 Å². The summed E-state index contributed by atoms with van der Waals surface area (Å²) in [6.07, 6.45) is 0.590. The molecule has 2 aromatic rings. The summed E-state index contributed by atoms with van der Waals surface area (Å²) < 4.78 is 34.5. The van der Waals surface area contributed by atoms with Gasteiger partial charge in [-0.25, -0.2) is 4.31 Å². The van der Waals surface area contributed by atoms with Crippen LogP contribution in [0.4, 0.5) is 11.4 Å². The van der Waals surface area contributed by atoms with Crippen LogP contribution >= 0.6 is 0 Å². The Hall–Kier alpha value is -2.74. The van der Waals surface area contributed by atoms with Gasteiger partial charge >= 0.3 is 10.2 Å². The lowest BCUT2D eigenvalue weighted by Crippen LogP contribution is -2.51. The number of anilines is 2. The minimum Gasteiger partial charge on any atom is -0.481 e. The molecule has 7 nitrogen and oxygen atoms in total. The van der Waals surface area contributed by atoms with E-state index in [0.29, 0.717) is 43.1 Å².